The fourth-order valence-electron chi connectivity index (χ4n) is 7.91. The highest BCUT2D eigenvalue weighted by molar-refractivity contribution is 6.32. The van der Waals surface area contributed by atoms with Gasteiger partial charge in [0.1, 0.15) is 5.75 Å². The monoisotopic (exact) mass is 566 g/mol. The highest BCUT2D eigenvalue weighted by Gasteiger charge is 2.70. The first kappa shape index (κ1) is 25.7. The van der Waals surface area contributed by atoms with E-state index >= 15 is 4.79 Å². The van der Waals surface area contributed by atoms with Gasteiger partial charge >= 0.3 is 0 Å². The number of phenols is 1. The molecule has 41 heavy (non-hydrogen) atoms. The van der Waals surface area contributed by atoms with Crippen LogP contribution in [0, 0.1) is 30.6 Å². The van der Waals surface area contributed by atoms with E-state index in [4.69, 9.17) is 11.6 Å². The Morgan fingerprint density at radius 1 is 0.927 bits per heavy atom. The fourth-order valence-corrected chi connectivity index (χ4v) is 8.10. The van der Waals surface area contributed by atoms with Crippen molar-refractivity contribution in [3.05, 3.63) is 106 Å². The Hall–Kier alpha value is -4.23. The van der Waals surface area contributed by atoms with Crippen LogP contribution in [-0.2, 0) is 24.6 Å². The average Bonchev–Trinajstić information content (AvgIpc) is 3.38. The Kier molecular flexibility index (Phi) is 5.74. The lowest BCUT2D eigenvalue weighted by Gasteiger charge is -2.50. The van der Waals surface area contributed by atoms with Crippen molar-refractivity contribution in [1.82, 2.24) is 5.32 Å². The highest BCUT2D eigenvalue weighted by Crippen LogP contribution is 2.65. The molecule has 3 fully saturated rings. The Labute approximate surface area is 241 Å². The molecular formula is C33H27ClN2O5. The van der Waals surface area contributed by atoms with Gasteiger partial charge in [-0.15, -0.1) is 0 Å². The number of nitrogens with one attached hydrogen (secondary N) is 1. The standard InChI is InChI=1S/C33H27ClN2O5/c1-17-7-5-12-23(28(17)37)27-21-13-14-22-26(30(39)35-29(22)38)24(21)16-25-31(40)36(20-11-6-10-19(34)15-20)32(41)33(25,27)18-8-3-2-4-9-18/h2-13,15,22,24-27,37H,14,16H2,1H3,(H,35,38,39). The molecule has 206 valence electrons. The minimum Gasteiger partial charge on any atom is -0.507 e. The number of nitrogens with zero attached hydrogens (tertiary/aromatic N) is 1. The number of hydrogen-bond donors (Lipinski definition) is 2. The molecule has 2 N–H and O–H groups in total. The van der Waals surface area contributed by atoms with Gasteiger partial charge in [-0.3, -0.25) is 24.5 Å². The van der Waals surface area contributed by atoms with Crippen LogP contribution < -0.4 is 10.2 Å². The molecule has 3 aromatic rings. The van der Waals surface area contributed by atoms with Gasteiger partial charge in [-0.05, 0) is 55.0 Å². The number of aryl methyl sites for hydroxylation is 1. The minimum atomic E-state index is -1.40. The molecular weight excluding hydrogens is 540 g/mol. The van der Waals surface area contributed by atoms with Crippen molar-refractivity contribution in [2.45, 2.75) is 31.1 Å². The van der Waals surface area contributed by atoms with E-state index in [-0.39, 0.29) is 29.9 Å². The number of para-hydroxylation sites is 1. The molecule has 0 aromatic heterocycles. The number of rotatable bonds is 3. The molecule has 2 aliphatic heterocycles. The predicted octanol–water partition coefficient (Wildman–Crippen LogP) is 4.80. The maximum atomic E-state index is 15.0. The molecule has 0 bridgehead atoms. The number of hydrogen-bond acceptors (Lipinski definition) is 5. The number of halogens is 1. The Morgan fingerprint density at radius 2 is 1.68 bits per heavy atom. The summed E-state index contributed by atoms with van der Waals surface area (Å²) in [6.45, 7) is 1.79. The summed E-state index contributed by atoms with van der Waals surface area (Å²) in [6.07, 6.45) is 2.53. The van der Waals surface area contributed by atoms with Crippen LogP contribution in [0.25, 0.3) is 0 Å². The summed E-state index contributed by atoms with van der Waals surface area (Å²) < 4.78 is 0. The van der Waals surface area contributed by atoms with Crippen LogP contribution >= 0.6 is 11.6 Å². The molecule has 7 rings (SSSR count). The Bertz CT molecular complexity index is 1680. The SMILES string of the molecule is Cc1cccc(C2C3=CCC4C(=O)NC(=O)C4C3CC3C(=O)N(c4cccc(Cl)c4)C(=O)C32c2ccccc2)c1O. The Morgan fingerprint density at radius 3 is 2.44 bits per heavy atom. The topological polar surface area (TPSA) is 104 Å². The second-order valence-electron chi connectivity index (χ2n) is 11.5. The lowest BCUT2D eigenvalue weighted by Crippen LogP contribution is -2.53. The van der Waals surface area contributed by atoms with Gasteiger partial charge in [-0.1, -0.05) is 77.8 Å². The second kappa shape index (κ2) is 9.14. The molecule has 2 saturated heterocycles. The van der Waals surface area contributed by atoms with Gasteiger partial charge in [-0.25, -0.2) is 4.90 Å². The fraction of sp³-hybridized carbons (Fsp3) is 0.273. The van der Waals surface area contributed by atoms with E-state index in [1.165, 1.54) is 4.90 Å². The molecule has 0 spiro atoms. The van der Waals surface area contributed by atoms with Gasteiger partial charge < -0.3 is 5.11 Å². The third-order valence-corrected chi connectivity index (χ3v) is 9.82. The van der Waals surface area contributed by atoms with Crippen molar-refractivity contribution in [3.8, 4) is 5.75 Å². The number of aromatic hydroxyl groups is 1. The van der Waals surface area contributed by atoms with Crippen LogP contribution in [0.4, 0.5) is 5.69 Å². The van der Waals surface area contributed by atoms with Crippen LogP contribution in [-0.4, -0.2) is 28.7 Å². The zero-order valence-corrected chi connectivity index (χ0v) is 23.0. The Balaban J connectivity index is 1.54. The molecule has 2 aliphatic carbocycles. The van der Waals surface area contributed by atoms with Crippen LogP contribution in [0.3, 0.4) is 0 Å². The number of fused-ring (bicyclic) bond motifs is 4. The second-order valence-corrected chi connectivity index (χ2v) is 11.9. The smallest absolute Gasteiger partial charge is 0.246 e. The third-order valence-electron chi connectivity index (χ3n) is 9.59. The van der Waals surface area contributed by atoms with E-state index in [1.807, 2.05) is 42.5 Å². The van der Waals surface area contributed by atoms with Gasteiger partial charge in [0.05, 0.1) is 28.9 Å². The molecule has 7 nitrogen and oxygen atoms in total. The van der Waals surface area contributed by atoms with Gasteiger partial charge in [0, 0.05) is 16.5 Å². The molecule has 8 heteroatoms. The number of amides is 4. The molecule has 4 amide bonds. The molecule has 2 heterocycles. The normalized spacial score (nSPS) is 30.4. The number of phenolic OH excluding ortho intramolecular Hbond substituents is 1. The van der Waals surface area contributed by atoms with E-state index < -0.39 is 40.9 Å². The van der Waals surface area contributed by atoms with Gasteiger partial charge in [0.15, 0.2) is 0 Å². The summed E-state index contributed by atoms with van der Waals surface area (Å²) >= 11 is 6.31. The van der Waals surface area contributed by atoms with Crippen molar-refractivity contribution >= 4 is 40.9 Å². The maximum absolute atomic E-state index is 15.0. The van der Waals surface area contributed by atoms with Gasteiger partial charge in [0.2, 0.25) is 23.6 Å². The summed E-state index contributed by atoms with van der Waals surface area (Å²) in [5, 5.41) is 14.4. The van der Waals surface area contributed by atoms with E-state index in [1.54, 1.807) is 43.3 Å². The molecule has 4 aliphatic rings. The highest BCUT2D eigenvalue weighted by atomic mass is 35.5. The van der Waals surface area contributed by atoms with Gasteiger partial charge in [-0.2, -0.15) is 0 Å². The van der Waals surface area contributed by atoms with Crippen molar-refractivity contribution in [2.75, 3.05) is 4.90 Å². The first-order valence-corrected chi connectivity index (χ1v) is 14.2. The number of carbonyl (C=O) groups is 4. The average molecular weight is 567 g/mol. The van der Waals surface area contributed by atoms with Crippen molar-refractivity contribution in [2.24, 2.45) is 23.7 Å². The van der Waals surface area contributed by atoms with Crippen LogP contribution in [0.15, 0.2) is 84.4 Å². The van der Waals surface area contributed by atoms with E-state index in [0.717, 1.165) is 5.57 Å². The number of allylic oxidation sites excluding steroid dienone is 2. The van der Waals surface area contributed by atoms with E-state index in [0.29, 0.717) is 33.8 Å². The molecule has 6 atom stereocenters. The zero-order chi connectivity index (χ0) is 28.6. The lowest BCUT2D eigenvalue weighted by atomic mass is 9.49. The summed E-state index contributed by atoms with van der Waals surface area (Å²) in [7, 11) is 0. The van der Waals surface area contributed by atoms with Crippen LogP contribution in [0.5, 0.6) is 5.75 Å². The first-order valence-electron chi connectivity index (χ1n) is 13.8. The van der Waals surface area contributed by atoms with Crippen molar-refractivity contribution in [1.29, 1.82) is 0 Å². The van der Waals surface area contributed by atoms with Crippen LogP contribution in [0.2, 0.25) is 5.02 Å². The van der Waals surface area contributed by atoms with E-state index in [2.05, 4.69) is 5.32 Å². The largest absolute Gasteiger partial charge is 0.507 e. The van der Waals surface area contributed by atoms with Crippen LogP contribution in [0.1, 0.15) is 35.4 Å². The molecule has 6 unspecified atom stereocenters. The first-order chi connectivity index (χ1) is 19.7. The maximum Gasteiger partial charge on any atom is 0.246 e. The summed E-state index contributed by atoms with van der Waals surface area (Å²) in [5.74, 6) is -4.63. The predicted molar refractivity (Wildman–Crippen MR) is 152 cm³/mol. The minimum absolute atomic E-state index is 0.0450. The number of benzene rings is 3. The number of imide groups is 2. The van der Waals surface area contributed by atoms with Crippen molar-refractivity contribution in [3.63, 3.8) is 0 Å². The summed E-state index contributed by atoms with van der Waals surface area (Å²) in [5.41, 5.74) is 1.59. The number of carbonyl (C=O) groups excluding carboxylic acids is 4. The molecule has 1 saturated carbocycles. The summed E-state index contributed by atoms with van der Waals surface area (Å²) in [6, 6.07) is 21.3. The summed E-state index contributed by atoms with van der Waals surface area (Å²) in [4.78, 5) is 56.6. The lowest BCUT2D eigenvalue weighted by molar-refractivity contribution is -0.128. The van der Waals surface area contributed by atoms with E-state index in [9.17, 15) is 19.5 Å². The number of anilines is 1. The van der Waals surface area contributed by atoms with Crippen molar-refractivity contribution < 1.29 is 24.3 Å². The molecule has 0 radical (unpaired) electrons. The van der Waals surface area contributed by atoms with Gasteiger partial charge in [0.25, 0.3) is 0 Å². The molecule has 3 aromatic carbocycles. The third kappa shape index (κ3) is 3.45. The quantitative estimate of drug-likeness (QED) is 0.350. The zero-order valence-electron chi connectivity index (χ0n) is 22.2.